The number of piperazine rings is 1. The molecule has 7 N–H and O–H groups in total. The van der Waals surface area contributed by atoms with Crippen LogP contribution in [0.5, 0.6) is 28.7 Å². The molecule has 3 aromatic carbocycles. The first-order valence-corrected chi connectivity index (χ1v) is 26.1. The Morgan fingerprint density at radius 3 is 2.25 bits per heavy atom. The van der Waals surface area contributed by atoms with Crippen molar-refractivity contribution in [2.45, 2.75) is 117 Å². The molecular formula is C57H68FN5O16. The van der Waals surface area contributed by atoms with Crippen molar-refractivity contribution in [1.29, 1.82) is 0 Å². The number of benzene rings is 3. The van der Waals surface area contributed by atoms with Gasteiger partial charge >= 0.3 is 17.7 Å². The quantitative estimate of drug-likeness (QED) is 0.0413. The lowest BCUT2D eigenvalue weighted by molar-refractivity contribution is -0.160. The Hall–Kier alpha value is -7.69. The third-order valence-electron chi connectivity index (χ3n) is 15.9. The number of allylic oxidation sites excluding steroid dienone is 2. The summed E-state index contributed by atoms with van der Waals surface area (Å²) in [6.45, 7) is 14.4. The smallest absolute Gasteiger partial charge is 0.341 e. The summed E-state index contributed by atoms with van der Waals surface area (Å²) in [4.78, 5) is 68.5. The number of nitrogens with one attached hydrogen (secondary N) is 1. The van der Waals surface area contributed by atoms with E-state index in [0.29, 0.717) is 0 Å². The number of anilines is 2. The minimum absolute atomic E-state index is 0.0232. The molecule has 4 aliphatic heterocycles. The number of aliphatic hydroxyl groups is 2. The molecule has 1 aromatic heterocycles. The number of phenolic OH excluding ortho intramolecular Hbond substituents is 3. The van der Waals surface area contributed by atoms with Gasteiger partial charge in [-0.05, 0) is 45.8 Å². The zero-order valence-electron chi connectivity index (χ0n) is 45.9. The third-order valence-corrected chi connectivity index (χ3v) is 15.9. The number of aliphatic hydroxyl groups excluding tert-OH is 2. The largest absolute Gasteiger partial charge is 0.507 e. The van der Waals surface area contributed by atoms with Gasteiger partial charge in [0.05, 0.1) is 83.6 Å². The molecule has 0 spiro atoms. The lowest BCUT2D eigenvalue weighted by atomic mass is 9.78. The van der Waals surface area contributed by atoms with Crippen molar-refractivity contribution >= 4 is 62.9 Å². The predicted octanol–water partition coefficient (Wildman–Crippen LogP) is 6.79. The van der Waals surface area contributed by atoms with Gasteiger partial charge in [0.1, 0.15) is 34.6 Å². The number of fused-ring (bicyclic) bond motifs is 15. The average Bonchev–Trinajstić information content (AvgIpc) is 4.33. The number of ether oxygens (including phenoxy) is 5. The van der Waals surface area contributed by atoms with E-state index in [0.717, 1.165) is 25.2 Å². The van der Waals surface area contributed by atoms with Gasteiger partial charge in [-0.25, -0.2) is 9.18 Å². The molecule has 1 unspecified atom stereocenters. The highest BCUT2D eigenvalue weighted by Crippen LogP contribution is 2.55. The average molecular weight is 1100 g/mol. The Labute approximate surface area is 454 Å². The van der Waals surface area contributed by atoms with Crippen LogP contribution in [0.4, 0.5) is 15.8 Å². The molecule has 5 aliphatic rings. The monoisotopic (exact) mass is 1100 g/mol. The number of aromatic carboxylic acids is 1. The first-order valence-electron chi connectivity index (χ1n) is 26.1. The summed E-state index contributed by atoms with van der Waals surface area (Å²) in [5, 5.41) is 77.6. The van der Waals surface area contributed by atoms with E-state index in [1.807, 2.05) is 0 Å². The summed E-state index contributed by atoms with van der Waals surface area (Å²) in [5.74, 6) is -11.6. The lowest BCUT2D eigenvalue weighted by Gasteiger charge is -2.40. The van der Waals surface area contributed by atoms with Crippen LogP contribution >= 0.6 is 0 Å². The van der Waals surface area contributed by atoms with Crippen LogP contribution in [0.2, 0.25) is 0 Å². The normalized spacial score (nSPS) is 28.6. The number of pyridine rings is 1. The van der Waals surface area contributed by atoms with E-state index in [-0.39, 0.29) is 81.4 Å². The van der Waals surface area contributed by atoms with Gasteiger partial charge in [0.2, 0.25) is 5.43 Å². The molecule has 10 atom stereocenters. The van der Waals surface area contributed by atoms with E-state index >= 15 is 4.39 Å². The van der Waals surface area contributed by atoms with Crippen molar-refractivity contribution in [1.82, 2.24) is 9.58 Å². The predicted molar refractivity (Wildman–Crippen MR) is 290 cm³/mol. The number of halogens is 1. The maximum Gasteiger partial charge on any atom is 0.341 e. The number of esters is 1. The number of phenols is 3. The first-order chi connectivity index (χ1) is 37.3. The number of carboxylic acid groups (broad SMARTS) is 1. The summed E-state index contributed by atoms with van der Waals surface area (Å²) >= 11 is 0. The van der Waals surface area contributed by atoms with Gasteiger partial charge in [-0.15, -0.1) is 0 Å². The highest BCUT2D eigenvalue weighted by atomic mass is 19.1. The minimum Gasteiger partial charge on any atom is -0.507 e. The van der Waals surface area contributed by atoms with Crippen molar-refractivity contribution < 1.29 is 77.9 Å². The van der Waals surface area contributed by atoms with E-state index in [1.165, 1.54) is 72.6 Å². The fourth-order valence-corrected chi connectivity index (χ4v) is 11.1. The Bertz CT molecular complexity index is 3330. The second kappa shape index (κ2) is 22.2. The number of aromatic hydroxyl groups is 3. The number of Topliss-reactive ketones (excluding diaryl/α,β-unsaturated/α-hetero) is 1. The zero-order valence-corrected chi connectivity index (χ0v) is 45.9. The van der Waals surface area contributed by atoms with Crippen molar-refractivity contribution in [3.63, 3.8) is 0 Å². The van der Waals surface area contributed by atoms with Crippen LogP contribution in [0.1, 0.15) is 106 Å². The molecule has 5 bridgehead atoms. The first kappa shape index (κ1) is 57.5. The lowest BCUT2D eigenvalue weighted by Crippen LogP contribution is -2.50. The molecule has 1 saturated carbocycles. The van der Waals surface area contributed by atoms with Gasteiger partial charge in [0.15, 0.2) is 17.3 Å². The second-order valence-electron chi connectivity index (χ2n) is 21.3. The molecule has 22 heteroatoms. The fraction of sp³-hybridized carbons (Fsp3) is 0.474. The molecule has 424 valence electrons. The number of ketones is 1. The highest BCUT2D eigenvalue weighted by molar-refractivity contribution is 6.24. The summed E-state index contributed by atoms with van der Waals surface area (Å²) in [7, 11) is 2.75. The number of carbonyl (C=O) groups is 4. The Kier molecular flexibility index (Phi) is 16.2. The van der Waals surface area contributed by atoms with E-state index in [1.54, 1.807) is 55.2 Å². The van der Waals surface area contributed by atoms with Crippen LogP contribution in [-0.4, -0.2) is 140 Å². The molecule has 21 nitrogen and oxygen atoms in total. The molecule has 0 radical (unpaired) electrons. The van der Waals surface area contributed by atoms with E-state index < -0.39 is 129 Å². The van der Waals surface area contributed by atoms with Crippen molar-refractivity contribution in [3.05, 3.63) is 86.7 Å². The number of hydrogen-bond acceptors (Lipinski definition) is 18. The number of nitrogens with zero attached hydrogens (tertiary/aromatic N) is 4. The molecule has 5 heterocycles. The summed E-state index contributed by atoms with van der Waals surface area (Å²) in [5.41, 5.74) is -1.94. The molecular weight excluding hydrogens is 1030 g/mol. The minimum atomic E-state index is -2.15. The molecule has 1 aliphatic carbocycles. The van der Waals surface area contributed by atoms with E-state index in [4.69, 9.17) is 28.8 Å². The maximum atomic E-state index is 16.4. The Balaban J connectivity index is 1.21. The van der Waals surface area contributed by atoms with Crippen LogP contribution < -0.4 is 25.1 Å². The van der Waals surface area contributed by atoms with Crippen molar-refractivity contribution in [2.75, 3.05) is 44.1 Å². The summed E-state index contributed by atoms with van der Waals surface area (Å²) in [6.07, 6.45) is 6.98. The van der Waals surface area contributed by atoms with Gasteiger partial charge in [-0.3, -0.25) is 24.2 Å². The van der Waals surface area contributed by atoms with Crippen LogP contribution in [0.3, 0.4) is 0 Å². The van der Waals surface area contributed by atoms with Gasteiger partial charge in [-0.2, -0.15) is 5.10 Å². The Morgan fingerprint density at radius 1 is 0.937 bits per heavy atom. The fourth-order valence-electron chi connectivity index (χ4n) is 11.1. The van der Waals surface area contributed by atoms with Gasteiger partial charge in [0, 0.05) is 86.5 Å². The summed E-state index contributed by atoms with van der Waals surface area (Å²) < 4.78 is 47.6. The maximum absolute atomic E-state index is 16.4. The SMILES string of the molecule is COc1c(N2CCN(/N=C/c3c4c(O)c5c(O)c(C)c6c(c5c3O)C(=O)[C@@](C)(O/C=C/[C@H](OC)[C@@H](C)[C@@H](OC(C)=O)[C@H](C)[C@H](O)[C@H](C)[C@@H](O)[C@@H](C)/C=C/C=C(/C)C(=O)N4)O6)C(C)C2)c(F)cc2c(=O)c(C(=O)O)cn(C3CC3)c12. The van der Waals surface area contributed by atoms with Crippen LogP contribution in [-0.2, 0) is 23.8 Å². The van der Waals surface area contributed by atoms with E-state index in [2.05, 4.69) is 5.32 Å². The molecule has 79 heavy (non-hydrogen) atoms. The second-order valence-corrected chi connectivity index (χ2v) is 21.3. The van der Waals surface area contributed by atoms with Crippen molar-refractivity contribution in [2.24, 2.45) is 28.8 Å². The van der Waals surface area contributed by atoms with E-state index in [9.17, 15) is 54.6 Å². The molecule has 1 saturated heterocycles. The van der Waals surface area contributed by atoms with Gasteiger partial charge in [-0.1, -0.05) is 45.9 Å². The van der Waals surface area contributed by atoms with Crippen LogP contribution in [0.25, 0.3) is 21.7 Å². The number of hydrazone groups is 1. The number of hydrogen-bond donors (Lipinski definition) is 7. The van der Waals surface area contributed by atoms with Crippen LogP contribution in [0, 0.1) is 36.4 Å². The van der Waals surface area contributed by atoms with Gasteiger partial charge < -0.3 is 69.1 Å². The standard InChI is InChI=1S/C57H68FN5O16/c1-25-13-12-14-26(2)55(72)60-42-35(22-59-63-19-18-61(23-27(63)3)44-37(58)21-34-43(53(44)76-11)62(33-15-16-33)24-36(48(34)68)56(73)74)49(69)39-40(50(42)70)47(67)31(7)52-41(39)54(71)57(9,79-52)77-20-17-38(75-10)28(4)51(78-32(8)64)30(6)46(66)29(5)45(25)65/h12-14,17,20-22,24-25,27-30,33,38,45-46,51,65-67,69-70H,15-16,18-19,23H2,1-11H3,(H,60,72)(H,73,74)/b13-12+,20-17+,26-14-,59-22+/t25-,27?,28+,29+,30+,38-,45-,46+,51+,57-/m0/s1. The zero-order chi connectivity index (χ0) is 57.8. The number of amides is 1. The van der Waals surface area contributed by atoms with Crippen LogP contribution in [0.15, 0.2) is 58.3 Å². The summed E-state index contributed by atoms with van der Waals surface area (Å²) in [6, 6.07) is 0.391. The molecule has 9 rings (SSSR count). The van der Waals surface area contributed by atoms with Crippen molar-refractivity contribution in [3.8, 4) is 28.7 Å². The number of aromatic nitrogens is 1. The Morgan fingerprint density at radius 2 is 1.63 bits per heavy atom. The topological polar surface area (TPSA) is 289 Å². The number of rotatable bonds is 8. The molecule has 1 amide bonds. The number of carbonyl (C=O) groups excluding carboxylic acids is 3. The van der Waals surface area contributed by atoms with Gasteiger partial charge in [0.25, 0.3) is 11.7 Å². The third kappa shape index (κ3) is 10.4. The molecule has 4 aromatic rings. The highest BCUT2D eigenvalue weighted by Gasteiger charge is 2.50. The number of methoxy groups -OCH3 is 2. The number of carboxylic acids is 1. The molecule has 2 fully saturated rings.